The average Bonchev–Trinajstić information content (AvgIpc) is 2.46. The summed E-state index contributed by atoms with van der Waals surface area (Å²) in [7, 11) is 0. The maximum Gasteiger partial charge on any atom is 0.0802 e. The van der Waals surface area contributed by atoms with Gasteiger partial charge in [0.2, 0.25) is 0 Å². The fourth-order valence-electron chi connectivity index (χ4n) is 2.65. The Hall–Kier alpha value is -0.900. The van der Waals surface area contributed by atoms with Gasteiger partial charge in [-0.25, -0.2) is 0 Å². The van der Waals surface area contributed by atoms with E-state index in [9.17, 15) is 5.11 Å². The Labute approximate surface area is 116 Å². The predicted molar refractivity (Wildman–Crippen MR) is 79.2 cm³/mol. The van der Waals surface area contributed by atoms with Crippen molar-refractivity contribution >= 4 is 0 Å². The molecule has 106 valence electrons. The van der Waals surface area contributed by atoms with E-state index in [1.54, 1.807) is 0 Å². The highest BCUT2D eigenvalue weighted by Crippen LogP contribution is 2.17. The van der Waals surface area contributed by atoms with Crippen molar-refractivity contribution in [3.63, 3.8) is 0 Å². The molecule has 1 aromatic rings. The summed E-state index contributed by atoms with van der Waals surface area (Å²) in [5.41, 5.74) is 1.03. The number of nitrogens with zero attached hydrogens (tertiary/aromatic N) is 2. The maximum atomic E-state index is 10.2. The summed E-state index contributed by atoms with van der Waals surface area (Å²) in [6.45, 7) is 10.1. The fourth-order valence-corrected chi connectivity index (χ4v) is 2.65. The molecule has 3 nitrogen and oxygen atoms in total. The highest BCUT2D eigenvalue weighted by atomic mass is 16.3. The van der Waals surface area contributed by atoms with Gasteiger partial charge >= 0.3 is 0 Å². The number of piperazine rings is 1. The zero-order valence-corrected chi connectivity index (χ0v) is 12.1. The Morgan fingerprint density at radius 2 is 1.68 bits per heavy atom. The molecule has 1 N–H and O–H groups in total. The van der Waals surface area contributed by atoms with Crippen molar-refractivity contribution in [1.82, 2.24) is 9.80 Å². The largest absolute Gasteiger partial charge is 0.388 e. The zero-order valence-electron chi connectivity index (χ0n) is 12.1. The Morgan fingerprint density at radius 3 is 2.26 bits per heavy atom. The maximum absolute atomic E-state index is 10.2. The highest BCUT2D eigenvalue weighted by molar-refractivity contribution is 5.17. The van der Waals surface area contributed by atoms with Crippen molar-refractivity contribution in [3.05, 3.63) is 35.9 Å². The topological polar surface area (TPSA) is 26.7 Å². The van der Waals surface area contributed by atoms with Crippen LogP contribution in [0.1, 0.15) is 31.9 Å². The van der Waals surface area contributed by atoms with Gasteiger partial charge < -0.3 is 10.0 Å². The first-order chi connectivity index (χ1) is 9.16. The minimum absolute atomic E-state index is 0.329. The molecule has 0 radical (unpaired) electrons. The first kappa shape index (κ1) is 14.5. The molecule has 0 bridgehead atoms. The van der Waals surface area contributed by atoms with Gasteiger partial charge in [-0.1, -0.05) is 30.3 Å². The van der Waals surface area contributed by atoms with Crippen molar-refractivity contribution in [2.75, 3.05) is 32.7 Å². The third-order valence-electron chi connectivity index (χ3n) is 4.04. The van der Waals surface area contributed by atoms with Crippen molar-refractivity contribution in [3.8, 4) is 0 Å². The molecule has 0 spiro atoms. The van der Waals surface area contributed by atoms with Crippen LogP contribution in [0.25, 0.3) is 0 Å². The van der Waals surface area contributed by atoms with E-state index >= 15 is 0 Å². The molecule has 0 aromatic heterocycles. The van der Waals surface area contributed by atoms with Crippen molar-refractivity contribution in [2.45, 2.75) is 32.4 Å². The van der Waals surface area contributed by atoms with E-state index in [1.807, 2.05) is 30.3 Å². The van der Waals surface area contributed by atoms with E-state index in [2.05, 4.69) is 23.6 Å². The van der Waals surface area contributed by atoms with Crippen molar-refractivity contribution in [1.29, 1.82) is 0 Å². The lowest BCUT2D eigenvalue weighted by atomic mass is 10.1. The van der Waals surface area contributed by atoms with E-state index < -0.39 is 0 Å². The van der Waals surface area contributed by atoms with Crippen LogP contribution in [0.3, 0.4) is 0 Å². The van der Waals surface area contributed by atoms with Gasteiger partial charge in [-0.05, 0) is 25.8 Å². The van der Waals surface area contributed by atoms with Gasteiger partial charge in [-0.15, -0.1) is 0 Å². The summed E-state index contributed by atoms with van der Waals surface area (Å²) in [6, 6.07) is 10.6. The van der Waals surface area contributed by atoms with E-state index in [0.29, 0.717) is 6.04 Å². The molecule has 1 heterocycles. The lowest BCUT2D eigenvalue weighted by Gasteiger charge is -2.37. The summed E-state index contributed by atoms with van der Waals surface area (Å²) in [5, 5.41) is 10.2. The van der Waals surface area contributed by atoms with E-state index in [0.717, 1.165) is 44.7 Å². The van der Waals surface area contributed by atoms with Crippen LogP contribution in [0, 0.1) is 0 Å². The first-order valence-corrected chi connectivity index (χ1v) is 7.36. The number of rotatable bonds is 5. The number of aliphatic hydroxyl groups excluding tert-OH is 1. The van der Waals surface area contributed by atoms with E-state index in [-0.39, 0.29) is 6.10 Å². The average molecular weight is 262 g/mol. The minimum Gasteiger partial charge on any atom is -0.388 e. The van der Waals surface area contributed by atoms with Crippen LogP contribution in [0.15, 0.2) is 30.3 Å². The van der Waals surface area contributed by atoms with Crippen LogP contribution in [-0.4, -0.2) is 53.7 Å². The normalized spacial score (nSPS) is 19.8. The molecule has 1 aliphatic rings. The SMILES string of the molecule is CC(C)N1CCN(CCC(O)c2ccccc2)CC1. The summed E-state index contributed by atoms with van der Waals surface area (Å²) in [6.07, 6.45) is 0.496. The van der Waals surface area contributed by atoms with Gasteiger partial charge in [-0.3, -0.25) is 4.90 Å². The Balaban J connectivity index is 1.72. The standard InChI is InChI=1S/C16H26N2O/c1-14(2)18-12-10-17(11-13-18)9-8-16(19)15-6-4-3-5-7-15/h3-7,14,16,19H,8-13H2,1-2H3. The third-order valence-corrected chi connectivity index (χ3v) is 4.04. The molecule has 1 fully saturated rings. The van der Waals surface area contributed by atoms with Crippen molar-refractivity contribution < 1.29 is 5.11 Å². The Morgan fingerprint density at radius 1 is 1.05 bits per heavy atom. The van der Waals surface area contributed by atoms with Crippen LogP contribution in [-0.2, 0) is 0 Å². The summed E-state index contributed by atoms with van der Waals surface area (Å²) in [5.74, 6) is 0. The summed E-state index contributed by atoms with van der Waals surface area (Å²) < 4.78 is 0. The van der Waals surface area contributed by atoms with Crippen LogP contribution >= 0.6 is 0 Å². The quantitative estimate of drug-likeness (QED) is 0.880. The lowest BCUT2D eigenvalue weighted by molar-refractivity contribution is 0.0882. The second-order valence-electron chi connectivity index (χ2n) is 5.69. The van der Waals surface area contributed by atoms with Crippen molar-refractivity contribution in [2.24, 2.45) is 0 Å². The van der Waals surface area contributed by atoms with Crippen LogP contribution in [0.2, 0.25) is 0 Å². The third kappa shape index (κ3) is 4.30. The molecule has 0 amide bonds. The zero-order chi connectivity index (χ0) is 13.7. The predicted octanol–water partition coefficient (Wildman–Crippen LogP) is 2.14. The highest BCUT2D eigenvalue weighted by Gasteiger charge is 2.19. The number of hydrogen-bond donors (Lipinski definition) is 1. The van der Waals surface area contributed by atoms with Gasteiger partial charge in [0.05, 0.1) is 6.10 Å². The summed E-state index contributed by atoms with van der Waals surface area (Å²) >= 11 is 0. The number of benzene rings is 1. The molecule has 3 heteroatoms. The minimum atomic E-state index is -0.329. The van der Waals surface area contributed by atoms with Gasteiger partial charge in [0.25, 0.3) is 0 Å². The van der Waals surface area contributed by atoms with Gasteiger partial charge in [-0.2, -0.15) is 0 Å². The molecular formula is C16H26N2O. The molecule has 1 aliphatic heterocycles. The van der Waals surface area contributed by atoms with Crippen LogP contribution < -0.4 is 0 Å². The monoisotopic (exact) mass is 262 g/mol. The van der Waals surface area contributed by atoms with Crippen LogP contribution in [0.5, 0.6) is 0 Å². The fraction of sp³-hybridized carbons (Fsp3) is 0.625. The first-order valence-electron chi connectivity index (χ1n) is 7.36. The Kier molecular flexibility index (Phi) is 5.37. The second kappa shape index (κ2) is 7.04. The van der Waals surface area contributed by atoms with Gasteiger partial charge in [0, 0.05) is 38.8 Å². The number of aliphatic hydroxyl groups is 1. The number of hydrogen-bond acceptors (Lipinski definition) is 3. The molecule has 1 saturated heterocycles. The van der Waals surface area contributed by atoms with E-state index in [1.165, 1.54) is 0 Å². The molecule has 0 aliphatic carbocycles. The van der Waals surface area contributed by atoms with Crippen LogP contribution in [0.4, 0.5) is 0 Å². The second-order valence-corrected chi connectivity index (χ2v) is 5.69. The van der Waals surface area contributed by atoms with E-state index in [4.69, 9.17) is 0 Å². The smallest absolute Gasteiger partial charge is 0.0802 e. The van der Waals surface area contributed by atoms with Gasteiger partial charge in [0.1, 0.15) is 0 Å². The Bertz CT molecular complexity index is 358. The lowest BCUT2D eigenvalue weighted by Crippen LogP contribution is -2.49. The molecule has 1 aromatic carbocycles. The molecular weight excluding hydrogens is 236 g/mol. The summed E-state index contributed by atoms with van der Waals surface area (Å²) in [4.78, 5) is 4.98. The molecule has 1 atom stereocenters. The molecule has 1 unspecified atom stereocenters. The molecule has 0 saturated carbocycles. The molecule has 2 rings (SSSR count). The molecule has 19 heavy (non-hydrogen) atoms. The van der Waals surface area contributed by atoms with Gasteiger partial charge in [0.15, 0.2) is 0 Å².